The molecule has 6 aromatic rings. The Kier molecular flexibility index (Phi) is 17.4. The van der Waals surface area contributed by atoms with Crippen LogP contribution in [-0.2, 0) is 30.9 Å². The van der Waals surface area contributed by atoms with E-state index in [2.05, 4.69) is 77.8 Å². The van der Waals surface area contributed by atoms with Crippen LogP contribution in [0, 0.1) is 33.3 Å². The number of ether oxygens (including phenoxy) is 2. The first-order valence-corrected chi connectivity index (χ1v) is 30.6. The zero-order valence-corrected chi connectivity index (χ0v) is 49.0. The number of aromatic amines is 1. The largest absolute Gasteiger partial charge is 0.455 e. The highest BCUT2D eigenvalue weighted by molar-refractivity contribution is 7.90. The Morgan fingerprint density at radius 1 is 0.953 bits per heavy atom. The molecule has 0 saturated carbocycles. The van der Waals surface area contributed by atoms with E-state index in [0.29, 0.717) is 66.9 Å². The highest BCUT2D eigenvalue weighted by Crippen LogP contribution is 2.44. The van der Waals surface area contributed by atoms with E-state index in [1.54, 1.807) is 36.5 Å². The summed E-state index contributed by atoms with van der Waals surface area (Å²) in [7, 11) is -4.65. The van der Waals surface area contributed by atoms with E-state index in [4.69, 9.17) is 21.1 Å². The van der Waals surface area contributed by atoms with Gasteiger partial charge in [0.25, 0.3) is 27.5 Å². The summed E-state index contributed by atoms with van der Waals surface area (Å²) in [5.74, 6) is 4.67. The highest BCUT2D eigenvalue weighted by Gasteiger charge is 2.40. The molecule has 3 fully saturated rings. The second-order valence-electron chi connectivity index (χ2n) is 23.2. The molecule has 442 valence electrons. The highest BCUT2D eigenvalue weighted by atomic mass is 35.5. The number of carbonyl (C=O) groups is 4. The molecule has 2 unspecified atom stereocenters. The summed E-state index contributed by atoms with van der Waals surface area (Å²) in [6.07, 6.45) is 8.63. The second kappa shape index (κ2) is 25.2. The van der Waals surface area contributed by atoms with Gasteiger partial charge in [-0.15, -0.1) is 0 Å². The number of allylic oxidation sites excluding steroid dienone is 1. The summed E-state index contributed by atoms with van der Waals surface area (Å²) >= 11 is 6.27. The zero-order valence-electron chi connectivity index (χ0n) is 47.5. The number of nitrogens with zero attached hydrogens (tertiary/aromatic N) is 6. The first-order valence-electron chi connectivity index (χ1n) is 28.8. The van der Waals surface area contributed by atoms with Crippen LogP contribution < -0.4 is 25.0 Å². The number of nitrogens with one attached hydrogen (secondary N) is 4. The Morgan fingerprint density at radius 3 is 2.58 bits per heavy atom. The van der Waals surface area contributed by atoms with E-state index < -0.39 is 43.4 Å². The fraction of sp³-hybridized carbons (Fsp3) is 0.381. The van der Waals surface area contributed by atoms with Crippen LogP contribution in [0.5, 0.6) is 11.5 Å². The number of hydrogen-bond acceptors (Lipinski definition) is 15. The number of benzene rings is 4. The number of H-pyrrole nitrogens is 1. The summed E-state index contributed by atoms with van der Waals surface area (Å²) in [6, 6.07) is 24.9. The molecule has 4 amide bonds. The van der Waals surface area contributed by atoms with Crippen molar-refractivity contribution in [2.45, 2.75) is 76.3 Å². The van der Waals surface area contributed by atoms with Gasteiger partial charge in [-0.3, -0.25) is 39.5 Å². The van der Waals surface area contributed by atoms with E-state index in [1.165, 1.54) is 46.0 Å². The van der Waals surface area contributed by atoms with Crippen LogP contribution in [0.15, 0.2) is 114 Å². The molecular formula is C63H67ClN10O10S. The molecular weight excluding hydrogens is 1120 g/mol. The van der Waals surface area contributed by atoms with Gasteiger partial charge in [0.1, 0.15) is 35.5 Å². The lowest BCUT2D eigenvalue weighted by Gasteiger charge is -2.39. The second-order valence-corrected chi connectivity index (χ2v) is 25.3. The average Bonchev–Trinajstić information content (AvgIpc) is 3.30. The van der Waals surface area contributed by atoms with Gasteiger partial charge >= 0.3 is 0 Å². The predicted molar refractivity (Wildman–Crippen MR) is 323 cm³/mol. The zero-order chi connectivity index (χ0) is 59.4. The van der Waals surface area contributed by atoms with Gasteiger partial charge in [-0.1, -0.05) is 61.1 Å². The molecule has 0 bridgehead atoms. The normalized spacial score (nSPS) is 19.3. The topological polar surface area (TPSA) is 242 Å². The van der Waals surface area contributed by atoms with Crippen molar-refractivity contribution in [3.05, 3.63) is 152 Å². The number of carbonyl (C=O) groups excluding carboxylic acids is 4. The first kappa shape index (κ1) is 58.6. The number of rotatable bonds is 18. The summed E-state index contributed by atoms with van der Waals surface area (Å²) in [4.78, 5) is 78.9. The van der Waals surface area contributed by atoms with Crippen molar-refractivity contribution in [1.82, 2.24) is 34.7 Å². The van der Waals surface area contributed by atoms with Crippen LogP contribution in [0.2, 0.25) is 5.02 Å². The summed E-state index contributed by atoms with van der Waals surface area (Å²) in [5.41, 5.74) is 7.22. The van der Waals surface area contributed by atoms with E-state index in [9.17, 15) is 37.7 Å². The third-order valence-corrected chi connectivity index (χ3v) is 18.3. The van der Waals surface area contributed by atoms with Gasteiger partial charge in [-0.05, 0) is 134 Å². The van der Waals surface area contributed by atoms with Gasteiger partial charge in [-0.2, -0.15) is 0 Å². The van der Waals surface area contributed by atoms with Gasteiger partial charge in [0.15, 0.2) is 0 Å². The van der Waals surface area contributed by atoms with Crippen LogP contribution in [0.3, 0.4) is 0 Å². The number of anilines is 2. The Labute approximate surface area is 498 Å². The van der Waals surface area contributed by atoms with Gasteiger partial charge in [0, 0.05) is 111 Å². The fourth-order valence-electron chi connectivity index (χ4n) is 12.1. The van der Waals surface area contributed by atoms with E-state index >= 15 is 0 Å². The Morgan fingerprint density at radius 2 is 1.78 bits per heavy atom. The molecule has 2 aromatic heterocycles. The number of pyridine rings is 1. The number of nitro groups is 1. The number of piperazine rings is 1. The van der Waals surface area contributed by atoms with Crippen LogP contribution >= 0.6 is 11.6 Å². The SMILES string of the molecule is CC1(C)CCC(CN2CCN(c3ccc(C(=O)NS(=O)(=O)c4ccc(NCC5CCCN(CCOCC#Cc6cccc7c6CN(C6CCC(=O)NC6=O)C7=O)C5)c([N+](=O)[O-])c4)c(Oc4cnc5[nH]ccc5c4)c3)CC2)=C(c2ccc(Cl)cc2)C1. The van der Waals surface area contributed by atoms with Crippen LogP contribution in [-0.4, -0.2) is 140 Å². The molecule has 5 aliphatic rings. The molecule has 20 nitrogen and oxygen atoms in total. The molecule has 22 heteroatoms. The smallest absolute Gasteiger partial charge is 0.293 e. The number of imide groups is 1. The molecule has 3 saturated heterocycles. The van der Waals surface area contributed by atoms with Crippen molar-refractivity contribution in [2.75, 3.05) is 82.3 Å². The molecule has 6 heterocycles. The minimum atomic E-state index is -4.65. The third-order valence-electron chi connectivity index (χ3n) is 16.8. The monoisotopic (exact) mass is 1190 g/mol. The van der Waals surface area contributed by atoms with Crippen molar-refractivity contribution in [3.63, 3.8) is 0 Å². The maximum absolute atomic E-state index is 14.2. The molecule has 85 heavy (non-hydrogen) atoms. The lowest BCUT2D eigenvalue weighted by Crippen LogP contribution is -2.52. The number of nitro benzene ring substituents is 1. The molecule has 0 radical (unpaired) electrons. The Hall–Kier alpha value is -8.13. The van der Waals surface area contributed by atoms with Crippen LogP contribution in [0.4, 0.5) is 17.1 Å². The Balaban J connectivity index is 0.698. The molecule has 1 aliphatic carbocycles. The molecule has 4 aliphatic heterocycles. The van der Waals surface area contributed by atoms with E-state index in [1.807, 2.05) is 24.3 Å². The molecule has 2 atom stereocenters. The standard InChI is InChI=1S/C63H67ClN10O10S/c1-63(2)22-20-45(52(35-63)43-10-12-46(64)13-11-43)39-71-25-27-72(28-26-71)47-14-16-51(57(33-47)84-48-32-44-21-23-65-59(44)67-37-48)60(76)69-85(81,82)49-15-17-54(56(34-49)74(79)80)66-36-41-6-4-24-70(38-41)29-31-83-30-5-8-42-7-3-9-50-53(42)40-73(62(50)78)55-18-19-58(75)68-61(55)77/h3,7,9-17,21,23,32-34,37,41,55,66H,4,6,18-20,22,24-31,35-36,38-40H2,1-2H3,(H,65,67)(H,69,76)(H,68,75,77). The summed E-state index contributed by atoms with van der Waals surface area (Å²) in [6.45, 7) is 11.9. The molecule has 4 aromatic carbocycles. The number of likely N-dealkylation sites (tertiary alicyclic amines) is 1. The molecule has 0 spiro atoms. The number of piperidine rings is 2. The van der Waals surface area contributed by atoms with Crippen molar-refractivity contribution in [1.29, 1.82) is 0 Å². The quantitative estimate of drug-likeness (QED) is 0.0207. The fourth-order valence-corrected chi connectivity index (χ4v) is 13.2. The van der Waals surface area contributed by atoms with Gasteiger partial charge in [0.05, 0.1) is 28.2 Å². The number of sulfonamides is 1. The maximum Gasteiger partial charge on any atom is 0.293 e. The van der Waals surface area contributed by atoms with Crippen molar-refractivity contribution in [3.8, 4) is 23.3 Å². The van der Waals surface area contributed by atoms with Gasteiger partial charge in [0.2, 0.25) is 11.8 Å². The van der Waals surface area contributed by atoms with Crippen molar-refractivity contribution in [2.24, 2.45) is 11.3 Å². The van der Waals surface area contributed by atoms with E-state index in [-0.39, 0.29) is 66.1 Å². The first-order chi connectivity index (χ1) is 40.9. The summed E-state index contributed by atoms with van der Waals surface area (Å²) < 4.78 is 42.4. The maximum atomic E-state index is 14.2. The number of amides is 4. The number of fused-ring (bicyclic) bond motifs is 2. The minimum absolute atomic E-state index is 0.0649. The predicted octanol–water partition coefficient (Wildman–Crippen LogP) is 8.77. The number of halogens is 1. The lowest BCUT2D eigenvalue weighted by atomic mass is 9.72. The third kappa shape index (κ3) is 13.7. The minimum Gasteiger partial charge on any atom is -0.455 e. The van der Waals surface area contributed by atoms with Crippen molar-refractivity contribution < 1.29 is 42.0 Å². The average molecular weight is 1190 g/mol. The molecule has 4 N–H and O–H groups in total. The van der Waals surface area contributed by atoms with E-state index in [0.717, 1.165) is 81.0 Å². The van der Waals surface area contributed by atoms with Crippen LogP contribution in [0.25, 0.3) is 16.6 Å². The molecule has 11 rings (SSSR count). The van der Waals surface area contributed by atoms with Gasteiger partial charge < -0.3 is 34.5 Å². The lowest BCUT2D eigenvalue weighted by molar-refractivity contribution is -0.384. The van der Waals surface area contributed by atoms with Crippen molar-refractivity contribution >= 4 is 78.9 Å². The van der Waals surface area contributed by atoms with Crippen LogP contribution in [0.1, 0.15) is 96.2 Å². The Bertz CT molecular complexity index is 3790. The summed E-state index contributed by atoms with van der Waals surface area (Å²) in [5, 5.41) is 19.5. The van der Waals surface area contributed by atoms with Gasteiger partial charge in [-0.25, -0.2) is 18.1 Å². The number of hydrogen-bond donors (Lipinski definition) is 4. The number of aromatic nitrogens is 2.